The van der Waals surface area contributed by atoms with Crippen molar-refractivity contribution in [1.82, 2.24) is 5.32 Å². The van der Waals surface area contributed by atoms with Gasteiger partial charge in [0.25, 0.3) is 5.69 Å². The van der Waals surface area contributed by atoms with Crippen LogP contribution in [0.4, 0.5) is 5.69 Å². The SMILES string of the molecule is CCC(Cc1ccccc1[N+](=O)[O-])NCCN. The summed E-state index contributed by atoms with van der Waals surface area (Å²) in [7, 11) is 0. The Morgan fingerprint density at radius 1 is 1.47 bits per heavy atom. The number of nitro benzene ring substituents is 1. The summed E-state index contributed by atoms with van der Waals surface area (Å²) < 4.78 is 0. The van der Waals surface area contributed by atoms with Crippen LogP contribution in [0, 0.1) is 10.1 Å². The number of nitrogens with one attached hydrogen (secondary N) is 1. The number of nitrogens with zero attached hydrogens (tertiary/aromatic N) is 1. The van der Waals surface area contributed by atoms with Crippen LogP contribution >= 0.6 is 0 Å². The van der Waals surface area contributed by atoms with E-state index >= 15 is 0 Å². The highest BCUT2D eigenvalue weighted by molar-refractivity contribution is 5.40. The molecule has 17 heavy (non-hydrogen) atoms. The zero-order valence-corrected chi connectivity index (χ0v) is 10.1. The van der Waals surface area contributed by atoms with Crippen molar-refractivity contribution < 1.29 is 4.92 Å². The van der Waals surface area contributed by atoms with E-state index in [2.05, 4.69) is 12.2 Å². The Morgan fingerprint density at radius 3 is 2.76 bits per heavy atom. The molecule has 5 heteroatoms. The Hall–Kier alpha value is -1.46. The van der Waals surface area contributed by atoms with Gasteiger partial charge in [-0.25, -0.2) is 0 Å². The highest BCUT2D eigenvalue weighted by Gasteiger charge is 2.15. The fourth-order valence-corrected chi connectivity index (χ4v) is 1.78. The second-order valence-corrected chi connectivity index (χ2v) is 3.94. The standard InChI is InChI=1S/C12H19N3O2/c1-2-11(14-8-7-13)9-10-5-3-4-6-12(10)15(16)17/h3-6,11,14H,2,7-9,13H2,1H3. The molecule has 1 aromatic carbocycles. The van der Waals surface area contributed by atoms with Gasteiger partial charge < -0.3 is 11.1 Å². The zero-order chi connectivity index (χ0) is 12.7. The van der Waals surface area contributed by atoms with E-state index in [0.29, 0.717) is 13.0 Å². The molecule has 0 amide bonds. The first-order valence-electron chi connectivity index (χ1n) is 5.84. The molecule has 5 nitrogen and oxygen atoms in total. The summed E-state index contributed by atoms with van der Waals surface area (Å²) in [6, 6.07) is 7.11. The van der Waals surface area contributed by atoms with Crippen LogP contribution in [0.1, 0.15) is 18.9 Å². The van der Waals surface area contributed by atoms with E-state index in [1.807, 2.05) is 12.1 Å². The first kappa shape index (κ1) is 13.6. The molecule has 0 fully saturated rings. The number of nitrogens with two attached hydrogens (primary N) is 1. The van der Waals surface area contributed by atoms with E-state index in [-0.39, 0.29) is 16.7 Å². The van der Waals surface area contributed by atoms with Crippen LogP contribution in [-0.4, -0.2) is 24.1 Å². The third-order valence-corrected chi connectivity index (χ3v) is 2.72. The molecule has 0 spiro atoms. The van der Waals surface area contributed by atoms with Crippen LogP contribution in [0.2, 0.25) is 0 Å². The fourth-order valence-electron chi connectivity index (χ4n) is 1.78. The predicted octanol–water partition coefficient (Wildman–Crippen LogP) is 1.46. The molecule has 3 N–H and O–H groups in total. The highest BCUT2D eigenvalue weighted by Crippen LogP contribution is 2.19. The molecule has 94 valence electrons. The van der Waals surface area contributed by atoms with E-state index in [1.165, 1.54) is 0 Å². The lowest BCUT2D eigenvalue weighted by molar-refractivity contribution is -0.385. The normalized spacial score (nSPS) is 12.4. The molecule has 0 radical (unpaired) electrons. The van der Waals surface area contributed by atoms with Crippen molar-refractivity contribution in [2.75, 3.05) is 13.1 Å². The van der Waals surface area contributed by atoms with Gasteiger partial charge in [-0.3, -0.25) is 10.1 Å². The molecule has 0 bridgehead atoms. The number of hydrogen-bond acceptors (Lipinski definition) is 4. The van der Waals surface area contributed by atoms with Gasteiger partial charge in [0, 0.05) is 30.8 Å². The minimum absolute atomic E-state index is 0.195. The van der Waals surface area contributed by atoms with Crippen LogP contribution in [0.25, 0.3) is 0 Å². The summed E-state index contributed by atoms with van der Waals surface area (Å²) in [6.45, 7) is 3.37. The number of rotatable bonds is 7. The van der Waals surface area contributed by atoms with Gasteiger partial charge >= 0.3 is 0 Å². The first-order chi connectivity index (χ1) is 8.19. The Labute approximate surface area is 101 Å². The van der Waals surface area contributed by atoms with Crippen LogP contribution in [0.3, 0.4) is 0 Å². The molecule has 0 saturated carbocycles. The highest BCUT2D eigenvalue weighted by atomic mass is 16.6. The van der Waals surface area contributed by atoms with Crippen molar-refractivity contribution in [3.63, 3.8) is 0 Å². The lowest BCUT2D eigenvalue weighted by Gasteiger charge is -2.16. The monoisotopic (exact) mass is 237 g/mol. The van der Waals surface area contributed by atoms with Gasteiger partial charge in [0.15, 0.2) is 0 Å². The molecule has 0 aliphatic carbocycles. The summed E-state index contributed by atoms with van der Waals surface area (Å²) in [5.41, 5.74) is 6.40. The van der Waals surface area contributed by atoms with Gasteiger partial charge in [-0.15, -0.1) is 0 Å². The molecule has 1 atom stereocenters. The summed E-state index contributed by atoms with van der Waals surface area (Å²) in [4.78, 5) is 10.5. The molecule has 0 aliphatic heterocycles. The van der Waals surface area contributed by atoms with Gasteiger partial charge in [0.05, 0.1) is 4.92 Å². The van der Waals surface area contributed by atoms with Gasteiger partial charge in [-0.2, -0.15) is 0 Å². The predicted molar refractivity (Wildman–Crippen MR) is 67.9 cm³/mol. The lowest BCUT2D eigenvalue weighted by atomic mass is 10.0. The maximum atomic E-state index is 10.9. The molecule has 0 saturated heterocycles. The van der Waals surface area contributed by atoms with Crippen molar-refractivity contribution in [3.8, 4) is 0 Å². The van der Waals surface area contributed by atoms with Crippen molar-refractivity contribution in [2.24, 2.45) is 5.73 Å². The quantitative estimate of drug-likeness (QED) is 0.555. The van der Waals surface area contributed by atoms with Crippen molar-refractivity contribution in [1.29, 1.82) is 0 Å². The lowest BCUT2D eigenvalue weighted by Crippen LogP contribution is -2.34. The largest absolute Gasteiger partial charge is 0.329 e. The van der Waals surface area contributed by atoms with Gasteiger partial charge in [-0.1, -0.05) is 25.1 Å². The minimum Gasteiger partial charge on any atom is -0.329 e. The average molecular weight is 237 g/mol. The van der Waals surface area contributed by atoms with Crippen LogP contribution < -0.4 is 11.1 Å². The molecule has 1 rings (SSSR count). The van der Waals surface area contributed by atoms with Gasteiger partial charge in [0.2, 0.25) is 0 Å². The van der Waals surface area contributed by atoms with E-state index < -0.39 is 0 Å². The second kappa shape index (κ2) is 6.98. The number of para-hydroxylation sites is 1. The molecule has 1 unspecified atom stereocenters. The van der Waals surface area contributed by atoms with Crippen molar-refractivity contribution >= 4 is 5.69 Å². The van der Waals surface area contributed by atoms with Gasteiger partial charge in [-0.05, 0) is 12.8 Å². The van der Waals surface area contributed by atoms with Crippen LogP contribution in [0.15, 0.2) is 24.3 Å². The maximum Gasteiger partial charge on any atom is 0.272 e. The molecular weight excluding hydrogens is 218 g/mol. The van der Waals surface area contributed by atoms with Crippen LogP contribution in [0.5, 0.6) is 0 Å². The first-order valence-corrected chi connectivity index (χ1v) is 5.84. The summed E-state index contributed by atoms with van der Waals surface area (Å²) in [5.74, 6) is 0. The fraction of sp³-hybridized carbons (Fsp3) is 0.500. The van der Waals surface area contributed by atoms with E-state index in [1.54, 1.807) is 12.1 Å². The zero-order valence-electron chi connectivity index (χ0n) is 10.1. The third kappa shape index (κ3) is 4.13. The Bertz CT molecular complexity index is 369. The number of hydrogen-bond donors (Lipinski definition) is 2. The number of benzene rings is 1. The smallest absolute Gasteiger partial charge is 0.272 e. The summed E-state index contributed by atoms with van der Waals surface area (Å²) in [6.07, 6.45) is 1.58. The topological polar surface area (TPSA) is 81.2 Å². The van der Waals surface area contributed by atoms with E-state index in [9.17, 15) is 10.1 Å². The van der Waals surface area contributed by atoms with Gasteiger partial charge in [0.1, 0.15) is 0 Å². The molecule has 1 aromatic rings. The molecule has 0 aliphatic rings. The maximum absolute atomic E-state index is 10.9. The second-order valence-electron chi connectivity index (χ2n) is 3.94. The average Bonchev–Trinajstić information content (AvgIpc) is 2.34. The van der Waals surface area contributed by atoms with Crippen molar-refractivity contribution in [2.45, 2.75) is 25.8 Å². The Kier molecular flexibility index (Phi) is 5.59. The summed E-state index contributed by atoms with van der Waals surface area (Å²) in [5, 5.41) is 14.2. The Morgan fingerprint density at radius 2 is 2.18 bits per heavy atom. The number of nitro groups is 1. The van der Waals surface area contributed by atoms with Crippen molar-refractivity contribution in [3.05, 3.63) is 39.9 Å². The Balaban J connectivity index is 2.75. The molecule has 0 aromatic heterocycles. The van der Waals surface area contributed by atoms with E-state index in [0.717, 1.165) is 18.5 Å². The summed E-state index contributed by atoms with van der Waals surface area (Å²) >= 11 is 0. The van der Waals surface area contributed by atoms with E-state index in [4.69, 9.17) is 5.73 Å². The molecule has 0 heterocycles. The van der Waals surface area contributed by atoms with Crippen LogP contribution in [-0.2, 0) is 6.42 Å². The third-order valence-electron chi connectivity index (χ3n) is 2.72. The molecular formula is C12H19N3O2. The minimum atomic E-state index is -0.328.